The van der Waals surface area contributed by atoms with Gasteiger partial charge in [-0.2, -0.15) is 0 Å². The number of nitrogens with zero attached hydrogens (tertiary/aromatic N) is 2. The average molecular weight is 400 g/mol. The van der Waals surface area contributed by atoms with E-state index in [-0.39, 0.29) is 11.6 Å². The first-order valence-electron chi connectivity index (χ1n) is 9.28. The fourth-order valence-electron chi connectivity index (χ4n) is 3.58. The second-order valence-electron chi connectivity index (χ2n) is 7.14. The fraction of sp³-hybridized carbons (Fsp3) is 0.333. The number of oxime groups is 1. The van der Waals surface area contributed by atoms with E-state index in [2.05, 4.69) is 10.5 Å². The molecule has 2 heterocycles. The van der Waals surface area contributed by atoms with Crippen molar-refractivity contribution < 1.29 is 14.4 Å². The number of carbonyl (C=O) groups excluding carboxylic acids is 1. The number of piperidine rings is 1. The van der Waals surface area contributed by atoms with Gasteiger partial charge in [0, 0.05) is 43.1 Å². The Hall–Kier alpha value is -2.73. The zero-order valence-electron chi connectivity index (χ0n) is 15.7. The van der Waals surface area contributed by atoms with Gasteiger partial charge in [-0.05, 0) is 42.0 Å². The van der Waals surface area contributed by atoms with Crippen molar-refractivity contribution in [2.75, 3.05) is 25.5 Å². The topological polar surface area (TPSA) is 63.2 Å². The van der Waals surface area contributed by atoms with Crippen LogP contribution in [0.2, 0.25) is 5.02 Å². The monoisotopic (exact) mass is 399 g/mol. The Bertz CT molecular complexity index is 873. The highest BCUT2D eigenvalue weighted by Gasteiger charge is 2.43. The van der Waals surface area contributed by atoms with Gasteiger partial charge in [0.25, 0.3) is 0 Å². The van der Waals surface area contributed by atoms with Crippen molar-refractivity contribution >= 4 is 29.0 Å². The minimum Gasteiger partial charge on any atom is -0.497 e. The maximum absolute atomic E-state index is 12.5. The van der Waals surface area contributed by atoms with Gasteiger partial charge in [0.05, 0.1) is 12.8 Å². The minimum absolute atomic E-state index is 0.100. The van der Waals surface area contributed by atoms with E-state index in [4.69, 9.17) is 21.2 Å². The van der Waals surface area contributed by atoms with Crippen LogP contribution in [-0.2, 0) is 4.84 Å². The van der Waals surface area contributed by atoms with Crippen molar-refractivity contribution in [1.29, 1.82) is 0 Å². The highest BCUT2D eigenvalue weighted by atomic mass is 35.5. The van der Waals surface area contributed by atoms with Gasteiger partial charge in [0.2, 0.25) is 0 Å². The third-order valence-corrected chi connectivity index (χ3v) is 5.57. The molecule has 146 valence electrons. The normalized spacial score (nSPS) is 17.8. The Labute approximate surface area is 169 Å². The summed E-state index contributed by atoms with van der Waals surface area (Å²) < 4.78 is 5.14. The predicted molar refractivity (Wildman–Crippen MR) is 109 cm³/mol. The van der Waals surface area contributed by atoms with Gasteiger partial charge in [-0.1, -0.05) is 28.9 Å². The molecule has 0 bridgehead atoms. The maximum atomic E-state index is 12.5. The number of rotatable bonds is 3. The van der Waals surface area contributed by atoms with Gasteiger partial charge in [-0.3, -0.25) is 0 Å². The summed E-state index contributed by atoms with van der Waals surface area (Å²) in [4.78, 5) is 20.2. The molecule has 1 spiro atoms. The molecular weight excluding hydrogens is 378 g/mol. The molecule has 1 fully saturated rings. The highest BCUT2D eigenvalue weighted by molar-refractivity contribution is 6.30. The molecule has 0 aliphatic carbocycles. The Morgan fingerprint density at radius 1 is 1.14 bits per heavy atom. The predicted octanol–water partition coefficient (Wildman–Crippen LogP) is 4.54. The summed E-state index contributed by atoms with van der Waals surface area (Å²) in [5, 5.41) is 7.94. The van der Waals surface area contributed by atoms with Crippen LogP contribution in [0.15, 0.2) is 53.7 Å². The first-order valence-corrected chi connectivity index (χ1v) is 9.66. The van der Waals surface area contributed by atoms with Crippen LogP contribution < -0.4 is 10.1 Å². The zero-order valence-corrected chi connectivity index (χ0v) is 16.4. The summed E-state index contributed by atoms with van der Waals surface area (Å²) in [6.45, 7) is 1.26. The molecule has 7 heteroatoms. The van der Waals surface area contributed by atoms with Crippen LogP contribution in [0.3, 0.4) is 0 Å². The first kappa shape index (κ1) is 18.6. The third kappa shape index (κ3) is 3.92. The van der Waals surface area contributed by atoms with Crippen molar-refractivity contribution in [3.05, 3.63) is 59.1 Å². The molecule has 2 amide bonds. The molecule has 4 rings (SSSR count). The number of anilines is 1. The molecular formula is C21H22ClN3O3. The average Bonchev–Trinajstić information content (AvgIpc) is 3.13. The van der Waals surface area contributed by atoms with Gasteiger partial charge in [-0.15, -0.1) is 0 Å². The van der Waals surface area contributed by atoms with Gasteiger partial charge in [0.15, 0.2) is 0 Å². The van der Waals surface area contributed by atoms with Crippen LogP contribution in [0.1, 0.15) is 24.8 Å². The van der Waals surface area contributed by atoms with E-state index >= 15 is 0 Å². The molecule has 0 unspecified atom stereocenters. The van der Waals surface area contributed by atoms with Crippen LogP contribution in [0.4, 0.5) is 10.5 Å². The van der Waals surface area contributed by atoms with E-state index in [9.17, 15) is 4.79 Å². The Balaban J connectivity index is 1.32. The van der Waals surface area contributed by atoms with Crippen LogP contribution in [0.5, 0.6) is 5.75 Å². The Morgan fingerprint density at radius 2 is 1.82 bits per heavy atom. The van der Waals surface area contributed by atoms with Crippen LogP contribution in [0.25, 0.3) is 0 Å². The molecule has 6 nitrogen and oxygen atoms in total. The van der Waals surface area contributed by atoms with E-state index in [1.54, 1.807) is 7.11 Å². The summed E-state index contributed by atoms with van der Waals surface area (Å²) in [6.07, 6.45) is 2.26. The molecule has 2 aliphatic heterocycles. The number of nitrogens with one attached hydrogen (secondary N) is 1. The molecule has 2 aromatic rings. The van der Waals surface area contributed by atoms with E-state index in [0.29, 0.717) is 18.1 Å². The van der Waals surface area contributed by atoms with E-state index in [0.717, 1.165) is 42.0 Å². The Morgan fingerprint density at radius 3 is 2.46 bits per heavy atom. The van der Waals surface area contributed by atoms with Gasteiger partial charge in [0.1, 0.15) is 11.4 Å². The number of likely N-dealkylation sites (tertiary alicyclic amines) is 1. The van der Waals surface area contributed by atoms with Crippen LogP contribution in [-0.4, -0.2) is 42.4 Å². The number of amides is 2. The van der Waals surface area contributed by atoms with Gasteiger partial charge >= 0.3 is 6.03 Å². The molecule has 2 aromatic carbocycles. The lowest BCUT2D eigenvalue weighted by molar-refractivity contribution is -0.0544. The lowest BCUT2D eigenvalue weighted by Crippen LogP contribution is -2.48. The highest BCUT2D eigenvalue weighted by Crippen LogP contribution is 2.36. The Kier molecular flexibility index (Phi) is 5.13. The van der Waals surface area contributed by atoms with Crippen molar-refractivity contribution in [3.8, 4) is 5.75 Å². The molecule has 1 N–H and O–H groups in total. The number of benzene rings is 2. The maximum Gasteiger partial charge on any atom is 0.321 e. The standard InChI is InChI=1S/C21H22ClN3O3/c1-27-18-8-6-17(7-9-18)23-20(26)25-12-10-21(11-13-25)14-19(24-28-21)15-2-4-16(22)5-3-15/h2-9H,10-14H2,1H3,(H,23,26). The number of halogens is 1. The number of methoxy groups -OCH3 is 1. The summed E-state index contributed by atoms with van der Waals surface area (Å²) in [6, 6.07) is 14.8. The van der Waals surface area contributed by atoms with Crippen molar-refractivity contribution in [2.45, 2.75) is 24.9 Å². The molecule has 0 aromatic heterocycles. The zero-order chi connectivity index (χ0) is 19.6. The van der Waals surface area contributed by atoms with Crippen molar-refractivity contribution in [3.63, 3.8) is 0 Å². The molecule has 1 saturated heterocycles. The number of hydrogen-bond donors (Lipinski definition) is 1. The summed E-state index contributed by atoms with van der Waals surface area (Å²) in [5.74, 6) is 0.757. The largest absolute Gasteiger partial charge is 0.497 e. The molecule has 0 saturated carbocycles. The smallest absolute Gasteiger partial charge is 0.321 e. The fourth-order valence-corrected chi connectivity index (χ4v) is 3.71. The summed E-state index contributed by atoms with van der Waals surface area (Å²) in [5.41, 5.74) is 2.40. The molecule has 0 radical (unpaired) electrons. The number of urea groups is 1. The lowest BCUT2D eigenvalue weighted by atomic mass is 9.85. The minimum atomic E-state index is -0.314. The summed E-state index contributed by atoms with van der Waals surface area (Å²) >= 11 is 5.96. The molecule has 28 heavy (non-hydrogen) atoms. The molecule has 0 atom stereocenters. The summed E-state index contributed by atoms with van der Waals surface area (Å²) in [7, 11) is 1.62. The van der Waals surface area contributed by atoms with Gasteiger partial charge < -0.3 is 19.8 Å². The SMILES string of the molecule is COc1ccc(NC(=O)N2CCC3(CC2)CC(c2ccc(Cl)cc2)=NO3)cc1. The number of carbonyl (C=O) groups is 1. The van der Waals surface area contributed by atoms with Crippen molar-refractivity contribution in [2.24, 2.45) is 5.16 Å². The lowest BCUT2D eigenvalue weighted by Gasteiger charge is -2.37. The van der Waals surface area contributed by atoms with Crippen molar-refractivity contribution in [1.82, 2.24) is 4.90 Å². The number of ether oxygens (including phenoxy) is 1. The van der Waals surface area contributed by atoms with Crippen LogP contribution in [0, 0.1) is 0 Å². The van der Waals surface area contributed by atoms with E-state index < -0.39 is 0 Å². The van der Waals surface area contributed by atoms with E-state index in [1.165, 1.54) is 0 Å². The molecule has 2 aliphatic rings. The van der Waals surface area contributed by atoms with Gasteiger partial charge in [-0.25, -0.2) is 4.79 Å². The first-order chi connectivity index (χ1) is 13.6. The quantitative estimate of drug-likeness (QED) is 0.824. The second-order valence-corrected chi connectivity index (χ2v) is 7.58. The second kappa shape index (κ2) is 7.72. The van der Waals surface area contributed by atoms with E-state index in [1.807, 2.05) is 53.4 Å². The van der Waals surface area contributed by atoms with Crippen LogP contribution >= 0.6 is 11.6 Å². The third-order valence-electron chi connectivity index (χ3n) is 5.32. The number of hydrogen-bond acceptors (Lipinski definition) is 4.